The number of carbonyl (C=O) groups excluding carboxylic acids is 3. The van der Waals surface area contributed by atoms with E-state index in [-0.39, 0.29) is 42.7 Å². The molecule has 0 unspecified atom stereocenters. The number of hydrogen-bond donors (Lipinski definition) is 3. The lowest BCUT2D eigenvalue weighted by molar-refractivity contribution is -0.286. The average Bonchev–Trinajstić information content (AvgIpc) is 3.30. The van der Waals surface area contributed by atoms with Gasteiger partial charge in [0.25, 0.3) is 17.7 Å². The maximum absolute atomic E-state index is 13.4. The van der Waals surface area contributed by atoms with Crippen molar-refractivity contribution in [2.45, 2.75) is 45.4 Å². The first kappa shape index (κ1) is 31.3. The molecular weight excluding hydrogens is 568 g/mol. The molecule has 1 aliphatic heterocycles. The summed E-state index contributed by atoms with van der Waals surface area (Å²) in [7, 11) is 0. The summed E-state index contributed by atoms with van der Waals surface area (Å²) in [6.07, 6.45) is -6.15. The zero-order chi connectivity index (χ0) is 30.8. The van der Waals surface area contributed by atoms with E-state index < -0.39 is 36.2 Å². The van der Waals surface area contributed by atoms with Crippen LogP contribution in [0.1, 0.15) is 36.2 Å². The van der Waals surface area contributed by atoms with Crippen molar-refractivity contribution in [2.24, 2.45) is 5.92 Å². The molecule has 0 bridgehead atoms. The minimum Gasteiger partial charge on any atom is -0.395 e. The van der Waals surface area contributed by atoms with Crippen molar-refractivity contribution in [2.75, 3.05) is 11.9 Å². The monoisotopic (exact) mass is 599 g/mol. The summed E-state index contributed by atoms with van der Waals surface area (Å²) < 4.78 is 41.2. The van der Waals surface area contributed by atoms with Crippen molar-refractivity contribution in [1.82, 2.24) is 11.0 Å². The van der Waals surface area contributed by atoms with Gasteiger partial charge in [0.2, 0.25) is 0 Å². The first-order valence-corrected chi connectivity index (χ1v) is 13.4. The quantitative estimate of drug-likeness (QED) is 0.233. The van der Waals surface area contributed by atoms with Crippen molar-refractivity contribution in [3.05, 3.63) is 90.0 Å². The Kier molecular flexibility index (Phi) is 10.6. The average molecular weight is 600 g/mol. The first-order valence-electron chi connectivity index (χ1n) is 13.4. The van der Waals surface area contributed by atoms with Crippen LogP contribution in [0.3, 0.4) is 0 Å². The largest absolute Gasteiger partial charge is 0.586 e. The third-order valence-electron chi connectivity index (χ3n) is 5.95. The fourth-order valence-electron chi connectivity index (χ4n) is 3.88. The minimum atomic E-state index is -3.80. The van der Waals surface area contributed by atoms with Gasteiger partial charge in [-0.1, -0.05) is 62.4 Å². The summed E-state index contributed by atoms with van der Waals surface area (Å²) in [5.41, 5.74) is 5.77. The topological polar surface area (TPSA) is 133 Å². The smallest absolute Gasteiger partial charge is 0.395 e. The SMILES string of the molecule is CC(C)C[C@H](ONC(=O)[C@@H](COCc1ccccc1)ONC(=O)c1ccccc1)C(=O)Nc1ccc2c(c1)OC(F)(F)O2. The van der Waals surface area contributed by atoms with E-state index in [1.165, 1.54) is 18.2 Å². The van der Waals surface area contributed by atoms with Gasteiger partial charge in [-0.2, -0.15) is 0 Å². The third-order valence-corrected chi connectivity index (χ3v) is 5.95. The molecule has 3 N–H and O–H groups in total. The zero-order valence-electron chi connectivity index (χ0n) is 23.4. The van der Waals surface area contributed by atoms with E-state index in [9.17, 15) is 23.2 Å². The van der Waals surface area contributed by atoms with Gasteiger partial charge in [-0.3, -0.25) is 24.1 Å². The molecule has 1 aliphatic rings. The summed E-state index contributed by atoms with van der Waals surface area (Å²) in [5.74, 6) is -2.52. The molecule has 0 saturated heterocycles. The number of hydroxylamine groups is 2. The number of benzene rings is 3. The molecule has 0 aliphatic carbocycles. The molecule has 0 aromatic heterocycles. The van der Waals surface area contributed by atoms with E-state index in [4.69, 9.17) is 14.4 Å². The summed E-state index contributed by atoms with van der Waals surface area (Å²) in [4.78, 5) is 49.4. The van der Waals surface area contributed by atoms with Gasteiger partial charge in [0.15, 0.2) is 23.7 Å². The van der Waals surface area contributed by atoms with E-state index in [1.807, 2.05) is 44.2 Å². The molecule has 3 aromatic carbocycles. The molecule has 11 nitrogen and oxygen atoms in total. The second-order valence-electron chi connectivity index (χ2n) is 9.93. The van der Waals surface area contributed by atoms with Crippen LogP contribution in [0.15, 0.2) is 78.9 Å². The summed E-state index contributed by atoms with van der Waals surface area (Å²) in [5, 5.41) is 2.56. The third kappa shape index (κ3) is 9.46. The number of hydrogen-bond acceptors (Lipinski definition) is 8. The van der Waals surface area contributed by atoms with Crippen LogP contribution in [0.2, 0.25) is 0 Å². The number of amides is 3. The molecule has 0 radical (unpaired) electrons. The van der Waals surface area contributed by atoms with Gasteiger partial charge < -0.3 is 19.5 Å². The van der Waals surface area contributed by atoms with E-state index in [1.54, 1.807) is 30.3 Å². The van der Waals surface area contributed by atoms with Crippen molar-refractivity contribution in [1.29, 1.82) is 0 Å². The number of rotatable bonds is 14. The summed E-state index contributed by atoms with van der Waals surface area (Å²) in [6.45, 7) is 3.59. The van der Waals surface area contributed by atoms with Crippen LogP contribution in [0, 0.1) is 5.92 Å². The Bertz CT molecular complexity index is 1390. The zero-order valence-corrected chi connectivity index (χ0v) is 23.4. The Balaban J connectivity index is 1.38. The van der Waals surface area contributed by atoms with Crippen molar-refractivity contribution < 1.29 is 47.1 Å². The molecule has 3 aromatic rings. The highest BCUT2D eigenvalue weighted by Gasteiger charge is 2.43. The number of carbonyl (C=O) groups is 3. The van der Waals surface area contributed by atoms with E-state index in [0.29, 0.717) is 5.56 Å². The number of anilines is 1. The highest BCUT2D eigenvalue weighted by molar-refractivity contribution is 5.95. The van der Waals surface area contributed by atoms with Crippen molar-refractivity contribution in [3.8, 4) is 11.5 Å². The van der Waals surface area contributed by atoms with E-state index >= 15 is 0 Å². The predicted molar refractivity (Wildman–Crippen MR) is 149 cm³/mol. The van der Waals surface area contributed by atoms with Gasteiger partial charge in [-0.25, -0.2) is 11.0 Å². The van der Waals surface area contributed by atoms with Gasteiger partial charge in [-0.05, 0) is 42.2 Å². The normalized spacial score (nSPS) is 14.5. The van der Waals surface area contributed by atoms with E-state index in [0.717, 1.165) is 5.56 Å². The predicted octanol–water partition coefficient (Wildman–Crippen LogP) is 4.36. The lowest BCUT2D eigenvalue weighted by atomic mass is 10.1. The molecule has 4 rings (SSSR count). The number of fused-ring (bicyclic) bond motifs is 1. The minimum absolute atomic E-state index is 0.0329. The van der Waals surface area contributed by atoms with Crippen LogP contribution in [0.25, 0.3) is 0 Å². The maximum atomic E-state index is 13.4. The Hall–Kier alpha value is -4.59. The van der Waals surface area contributed by atoms with Crippen LogP contribution < -0.4 is 25.8 Å². The van der Waals surface area contributed by atoms with Crippen molar-refractivity contribution in [3.63, 3.8) is 0 Å². The summed E-state index contributed by atoms with van der Waals surface area (Å²) in [6, 6.07) is 21.2. The second-order valence-corrected chi connectivity index (χ2v) is 9.93. The summed E-state index contributed by atoms with van der Waals surface area (Å²) >= 11 is 0. The van der Waals surface area contributed by atoms with Gasteiger partial charge in [0.1, 0.15) is 0 Å². The maximum Gasteiger partial charge on any atom is 0.586 e. The fraction of sp³-hybridized carbons (Fsp3) is 0.300. The van der Waals surface area contributed by atoms with E-state index in [2.05, 4.69) is 25.8 Å². The van der Waals surface area contributed by atoms with Crippen LogP contribution in [-0.2, 0) is 30.6 Å². The molecule has 13 heteroatoms. The van der Waals surface area contributed by atoms with Gasteiger partial charge in [-0.15, -0.1) is 8.78 Å². The Morgan fingerprint density at radius 3 is 2.16 bits per heavy atom. The number of halogens is 2. The number of nitrogens with one attached hydrogen (secondary N) is 3. The molecule has 228 valence electrons. The van der Waals surface area contributed by atoms with Gasteiger partial charge in [0, 0.05) is 17.3 Å². The van der Waals surface area contributed by atoms with Gasteiger partial charge >= 0.3 is 6.29 Å². The molecule has 0 spiro atoms. The van der Waals surface area contributed by atoms with Gasteiger partial charge in [0.05, 0.1) is 13.2 Å². The fourth-order valence-corrected chi connectivity index (χ4v) is 3.88. The van der Waals surface area contributed by atoms with Crippen LogP contribution in [-0.4, -0.2) is 42.8 Å². The number of ether oxygens (including phenoxy) is 3. The highest BCUT2D eigenvalue weighted by atomic mass is 19.3. The van der Waals surface area contributed by atoms with Crippen molar-refractivity contribution >= 4 is 23.4 Å². The molecule has 2 atom stereocenters. The standard InChI is InChI=1S/C30H31F2N3O8/c1-19(2)15-25(28(37)33-22-13-14-23-24(16-22)41-30(31,32)40-23)42-35-29(38)26(18-39-17-20-9-5-3-6-10-20)43-34-27(36)21-11-7-4-8-12-21/h3-14,16,19,25-26H,15,17-18H2,1-2H3,(H,33,37)(H,34,36)(H,35,38)/t25-,26+/m0/s1. The van der Waals surface area contributed by atoms with Crippen LogP contribution in [0.5, 0.6) is 11.5 Å². The van der Waals surface area contributed by atoms with Crippen LogP contribution in [0.4, 0.5) is 14.5 Å². The highest BCUT2D eigenvalue weighted by Crippen LogP contribution is 2.42. The molecule has 0 fully saturated rings. The molecule has 3 amide bonds. The molecular formula is C30H31F2N3O8. The lowest BCUT2D eigenvalue weighted by Gasteiger charge is -2.22. The molecule has 1 heterocycles. The second kappa shape index (κ2) is 14.5. The number of alkyl halides is 2. The van der Waals surface area contributed by atoms with Crippen LogP contribution >= 0.6 is 0 Å². The molecule has 43 heavy (non-hydrogen) atoms. The Morgan fingerprint density at radius 1 is 0.814 bits per heavy atom. The molecule has 0 saturated carbocycles. The first-order chi connectivity index (χ1) is 20.6. The Labute approximate surface area is 246 Å². The Morgan fingerprint density at radius 2 is 1.47 bits per heavy atom. The lowest BCUT2D eigenvalue weighted by Crippen LogP contribution is -2.46.